The second-order valence-corrected chi connectivity index (χ2v) is 15.3. The van der Waals surface area contributed by atoms with E-state index >= 15 is 0 Å². The van der Waals surface area contributed by atoms with Crippen molar-refractivity contribution in [3.63, 3.8) is 0 Å². The van der Waals surface area contributed by atoms with Crippen molar-refractivity contribution in [2.45, 2.75) is 131 Å². The standard InChI is InChI=1S/C38H58O3/c1-7-8-24-40-30-15-12-28(13-16-30)36(39)41-31-20-22-37(5)29(25-31)14-17-32-34-19-18-33(27(4)11-9-10-26(2)3)38(34,6)23-21-35(32)37/h12-16,26-27,31-35H,7-11,17-25H2,1-6H3/t27-,31+,32?,33-,34?,35?,37+,38-/m1/s1. The fourth-order valence-electron chi connectivity index (χ4n) is 9.99. The van der Waals surface area contributed by atoms with Crippen LogP contribution in [-0.4, -0.2) is 18.7 Å². The molecule has 1 aromatic carbocycles. The van der Waals surface area contributed by atoms with Gasteiger partial charge in [0, 0.05) is 6.42 Å². The van der Waals surface area contributed by atoms with Gasteiger partial charge in [-0.2, -0.15) is 0 Å². The number of allylic oxidation sites excluding steroid dienone is 1. The number of hydrogen-bond acceptors (Lipinski definition) is 3. The lowest BCUT2D eigenvalue weighted by Crippen LogP contribution is -2.51. The number of benzene rings is 1. The third-order valence-electron chi connectivity index (χ3n) is 12.4. The van der Waals surface area contributed by atoms with Crippen molar-refractivity contribution in [2.75, 3.05) is 6.61 Å². The second-order valence-electron chi connectivity index (χ2n) is 15.3. The lowest BCUT2D eigenvalue weighted by Gasteiger charge is -2.58. The fraction of sp³-hybridized carbons (Fsp3) is 0.763. The van der Waals surface area contributed by atoms with Crippen LogP contribution in [0.5, 0.6) is 5.75 Å². The Hall–Kier alpha value is -1.77. The zero-order valence-corrected chi connectivity index (χ0v) is 27.1. The molecule has 3 fully saturated rings. The molecule has 0 radical (unpaired) electrons. The molecule has 3 nitrogen and oxygen atoms in total. The maximum atomic E-state index is 13.0. The average molecular weight is 563 g/mol. The first-order valence-corrected chi connectivity index (χ1v) is 17.3. The van der Waals surface area contributed by atoms with Crippen molar-refractivity contribution in [3.8, 4) is 5.75 Å². The Bertz CT molecular complexity index is 1060. The smallest absolute Gasteiger partial charge is 0.338 e. The molecular weight excluding hydrogens is 504 g/mol. The maximum absolute atomic E-state index is 13.0. The van der Waals surface area contributed by atoms with Crippen LogP contribution in [-0.2, 0) is 4.74 Å². The van der Waals surface area contributed by atoms with Crippen molar-refractivity contribution in [1.82, 2.24) is 0 Å². The second kappa shape index (κ2) is 12.8. The number of carbonyl (C=O) groups is 1. The lowest BCUT2D eigenvalue weighted by molar-refractivity contribution is -0.0594. The van der Waals surface area contributed by atoms with E-state index in [-0.39, 0.29) is 17.5 Å². The van der Waals surface area contributed by atoms with E-state index in [0.29, 0.717) is 11.0 Å². The molecule has 0 heterocycles. The van der Waals surface area contributed by atoms with Gasteiger partial charge in [-0.15, -0.1) is 0 Å². The van der Waals surface area contributed by atoms with E-state index in [2.05, 4.69) is 47.6 Å². The van der Waals surface area contributed by atoms with E-state index in [1.165, 1.54) is 51.4 Å². The Morgan fingerprint density at radius 2 is 1.73 bits per heavy atom. The molecule has 0 aliphatic heterocycles. The van der Waals surface area contributed by atoms with Crippen LogP contribution in [0.4, 0.5) is 0 Å². The van der Waals surface area contributed by atoms with Gasteiger partial charge in [0.25, 0.3) is 0 Å². The highest BCUT2D eigenvalue weighted by Gasteiger charge is 2.59. The number of fused-ring (bicyclic) bond motifs is 5. The van der Waals surface area contributed by atoms with Crippen molar-refractivity contribution >= 4 is 5.97 Å². The molecule has 0 spiro atoms. The largest absolute Gasteiger partial charge is 0.494 e. The molecular formula is C38H58O3. The summed E-state index contributed by atoms with van der Waals surface area (Å²) in [6, 6.07) is 7.48. The zero-order chi connectivity index (χ0) is 29.2. The van der Waals surface area contributed by atoms with Gasteiger partial charge < -0.3 is 9.47 Å². The Balaban J connectivity index is 1.19. The summed E-state index contributed by atoms with van der Waals surface area (Å²) in [5, 5.41) is 0. The molecule has 3 unspecified atom stereocenters. The Morgan fingerprint density at radius 3 is 2.46 bits per heavy atom. The summed E-state index contributed by atoms with van der Waals surface area (Å²) in [6.07, 6.45) is 18.9. The van der Waals surface area contributed by atoms with E-state index in [0.717, 1.165) is 80.0 Å². The predicted molar refractivity (Wildman–Crippen MR) is 169 cm³/mol. The average Bonchev–Trinajstić information content (AvgIpc) is 3.31. The van der Waals surface area contributed by atoms with Crippen molar-refractivity contribution in [3.05, 3.63) is 41.5 Å². The number of rotatable bonds is 11. The van der Waals surface area contributed by atoms with Crippen molar-refractivity contribution < 1.29 is 14.3 Å². The molecule has 0 saturated heterocycles. The summed E-state index contributed by atoms with van der Waals surface area (Å²) in [5.41, 5.74) is 3.03. The quantitative estimate of drug-likeness (QED) is 0.153. The molecule has 0 N–H and O–H groups in total. The minimum absolute atomic E-state index is 0.00439. The third-order valence-corrected chi connectivity index (χ3v) is 12.4. The minimum Gasteiger partial charge on any atom is -0.494 e. The maximum Gasteiger partial charge on any atom is 0.338 e. The number of carbonyl (C=O) groups excluding carboxylic acids is 1. The Kier molecular flexibility index (Phi) is 9.61. The van der Waals surface area contributed by atoms with Gasteiger partial charge in [-0.25, -0.2) is 4.79 Å². The first-order chi connectivity index (χ1) is 19.7. The van der Waals surface area contributed by atoms with Crippen LogP contribution in [0, 0.1) is 46.3 Å². The Morgan fingerprint density at radius 1 is 0.951 bits per heavy atom. The van der Waals surface area contributed by atoms with E-state index in [4.69, 9.17) is 9.47 Å². The van der Waals surface area contributed by atoms with Crippen LogP contribution in [0.2, 0.25) is 0 Å². The molecule has 228 valence electrons. The van der Waals surface area contributed by atoms with Crippen LogP contribution < -0.4 is 4.74 Å². The molecule has 8 atom stereocenters. The van der Waals surface area contributed by atoms with Crippen LogP contribution >= 0.6 is 0 Å². The molecule has 0 amide bonds. The molecule has 41 heavy (non-hydrogen) atoms. The van der Waals surface area contributed by atoms with Gasteiger partial charge in [-0.3, -0.25) is 0 Å². The van der Waals surface area contributed by atoms with Gasteiger partial charge in [0.2, 0.25) is 0 Å². The fourth-order valence-corrected chi connectivity index (χ4v) is 9.99. The van der Waals surface area contributed by atoms with Gasteiger partial charge >= 0.3 is 5.97 Å². The molecule has 3 heteroatoms. The van der Waals surface area contributed by atoms with Crippen LogP contribution in [0.15, 0.2) is 35.9 Å². The number of ether oxygens (including phenoxy) is 2. The zero-order valence-electron chi connectivity index (χ0n) is 27.1. The first-order valence-electron chi connectivity index (χ1n) is 17.3. The lowest BCUT2D eigenvalue weighted by atomic mass is 9.47. The van der Waals surface area contributed by atoms with Gasteiger partial charge in [-0.1, -0.05) is 78.9 Å². The topological polar surface area (TPSA) is 35.5 Å². The van der Waals surface area contributed by atoms with Crippen LogP contribution in [0.1, 0.15) is 135 Å². The van der Waals surface area contributed by atoms with E-state index in [1.54, 1.807) is 5.57 Å². The monoisotopic (exact) mass is 562 g/mol. The SMILES string of the molecule is CCCCOc1ccc(C(=O)O[C@H]2CC[C@@]3(C)C(=CCC4C3CC[C@@]3(C)C4CC[C@@H]3[C@H](C)CCCC(C)C)C2)cc1. The molecule has 3 saturated carbocycles. The van der Waals surface area contributed by atoms with E-state index in [1.807, 2.05) is 24.3 Å². The van der Waals surface area contributed by atoms with Crippen molar-refractivity contribution in [1.29, 1.82) is 0 Å². The van der Waals surface area contributed by atoms with Gasteiger partial charge in [0.15, 0.2) is 0 Å². The molecule has 0 bridgehead atoms. The number of unbranched alkanes of at least 4 members (excludes halogenated alkanes) is 1. The highest BCUT2D eigenvalue weighted by molar-refractivity contribution is 5.89. The van der Waals surface area contributed by atoms with E-state index < -0.39 is 0 Å². The van der Waals surface area contributed by atoms with Crippen molar-refractivity contribution in [2.24, 2.45) is 46.3 Å². The molecule has 5 rings (SSSR count). The van der Waals surface area contributed by atoms with Crippen LogP contribution in [0.25, 0.3) is 0 Å². The molecule has 1 aromatic rings. The summed E-state index contributed by atoms with van der Waals surface area (Å²) in [7, 11) is 0. The van der Waals surface area contributed by atoms with E-state index in [9.17, 15) is 4.79 Å². The summed E-state index contributed by atoms with van der Waals surface area (Å²) in [6.45, 7) is 15.4. The minimum atomic E-state index is -0.194. The van der Waals surface area contributed by atoms with Gasteiger partial charge in [-0.05, 0) is 122 Å². The predicted octanol–water partition coefficient (Wildman–Crippen LogP) is 10.4. The Labute approximate surface area is 251 Å². The molecule has 4 aliphatic rings. The highest BCUT2D eigenvalue weighted by atomic mass is 16.5. The van der Waals surface area contributed by atoms with Crippen LogP contribution in [0.3, 0.4) is 0 Å². The van der Waals surface area contributed by atoms with Gasteiger partial charge in [0.05, 0.1) is 12.2 Å². The summed E-state index contributed by atoms with van der Waals surface area (Å²) >= 11 is 0. The third kappa shape index (κ3) is 6.30. The summed E-state index contributed by atoms with van der Waals surface area (Å²) < 4.78 is 11.9. The number of esters is 1. The highest BCUT2D eigenvalue weighted by Crippen LogP contribution is 2.67. The summed E-state index contributed by atoms with van der Waals surface area (Å²) in [5.74, 6) is 5.75. The molecule has 0 aromatic heterocycles. The first kappa shape index (κ1) is 30.7. The van der Waals surface area contributed by atoms with Gasteiger partial charge in [0.1, 0.15) is 11.9 Å². The number of hydrogen-bond donors (Lipinski definition) is 0. The summed E-state index contributed by atoms with van der Waals surface area (Å²) in [4.78, 5) is 13.0. The normalized spacial score (nSPS) is 35.2. The molecule has 4 aliphatic carbocycles.